The molecule has 3 rings (SSSR count). The molecular weight excluding hydrogens is 251 g/mol. The SMILES string of the molecule is CC1CC(n2c(C(C)Cl)nc3cccc(F)c32)C1. The van der Waals surface area contributed by atoms with E-state index in [0.717, 1.165) is 18.7 Å². The molecule has 1 aromatic heterocycles. The van der Waals surface area contributed by atoms with Crippen molar-refractivity contribution in [2.24, 2.45) is 5.92 Å². The molecule has 1 heterocycles. The summed E-state index contributed by atoms with van der Waals surface area (Å²) in [5.41, 5.74) is 1.31. The molecule has 96 valence electrons. The van der Waals surface area contributed by atoms with Crippen LogP contribution >= 0.6 is 11.6 Å². The molecule has 2 nitrogen and oxygen atoms in total. The first kappa shape index (κ1) is 12.0. The molecule has 2 aromatic rings. The van der Waals surface area contributed by atoms with Gasteiger partial charge in [0.2, 0.25) is 0 Å². The average molecular weight is 267 g/mol. The topological polar surface area (TPSA) is 17.8 Å². The summed E-state index contributed by atoms with van der Waals surface area (Å²) in [5, 5.41) is -0.201. The molecule has 1 aromatic carbocycles. The summed E-state index contributed by atoms with van der Waals surface area (Å²) in [4.78, 5) is 4.49. The summed E-state index contributed by atoms with van der Waals surface area (Å²) in [7, 11) is 0. The van der Waals surface area contributed by atoms with Crippen LogP contribution in [0.25, 0.3) is 11.0 Å². The van der Waals surface area contributed by atoms with Crippen molar-refractivity contribution in [1.82, 2.24) is 9.55 Å². The number of halogens is 2. The van der Waals surface area contributed by atoms with Gasteiger partial charge >= 0.3 is 0 Å². The Kier molecular flexibility index (Phi) is 2.81. The largest absolute Gasteiger partial charge is 0.321 e. The lowest BCUT2D eigenvalue weighted by molar-refractivity contribution is 0.215. The van der Waals surface area contributed by atoms with Crippen LogP contribution in [0.1, 0.15) is 43.9 Å². The summed E-state index contributed by atoms with van der Waals surface area (Å²) in [6, 6.07) is 5.38. The summed E-state index contributed by atoms with van der Waals surface area (Å²) in [6.07, 6.45) is 2.16. The van der Waals surface area contributed by atoms with Crippen LogP contribution in [-0.2, 0) is 0 Å². The maximum atomic E-state index is 14.0. The molecule has 0 bridgehead atoms. The highest BCUT2D eigenvalue weighted by Gasteiger charge is 2.31. The van der Waals surface area contributed by atoms with Crippen LogP contribution < -0.4 is 0 Å². The predicted octanol–water partition coefficient (Wildman–Crippen LogP) is 4.45. The van der Waals surface area contributed by atoms with E-state index in [1.54, 1.807) is 6.07 Å². The van der Waals surface area contributed by atoms with Crippen molar-refractivity contribution in [3.8, 4) is 0 Å². The Labute approximate surface area is 111 Å². The van der Waals surface area contributed by atoms with Crippen LogP contribution in [0.2, 0.25) is 0 Å². The fraction of sp³-hybridized carbons (Fsp3) is 0.500. The van der Waals surface area contributed by atoms with Gasteiger partial charge in [-0.15, -0.1) is 11.6 Å². The first-order valence-corrected chi connectivity index (χ1v) is 6.82. The van der Waals surface area contributed by atoms with Crippen LogP contribution in [0.15, 0.2) is 18.2 Å². The van der Waals surface area contributed by atoms with Gasteiger partial charge < -0.3 is 4.57 Å². The third kappa shape index (κ3) is 1.72. The molecule has 0 saturated heterocycles. The maximum absolute atomic E-state index is 14.0. The monoisotopic (exact) mass is 266 g/mol. The Morgan fingerprint density at radius 3 is 2.78 bits per heavy atom. The molecule has 0 amide bonds. The van der Waals surface area contributed by atoms with E-state index in [4.69, 9.17) is 11.6 Å². The highest BCUT2D eigenvalue weighted by molar-refractivity contribution is 6.20. The zero-order valence-corrected chi connectivity index (χ0v) is 11.3. The molecule has 0 spiro atoms. The molecule has 4 heteroatoms. The van der Waals surface area contributed by atoms with E-state index in [0.29, 0.717) is 23.0 Å². The first-order valence-electron chi connectivity index (χ1n) is 6.38. The van der Waals surface area contributed by atoms with Crippen molar-refractivity contribution in [1.29, 1.82) is 0 Å². The number of hydrogen-bond acceptors (Lipinski definition) is 1. The molecule has 1 unspecified atom stereocenters. The van der Waals surface area contributed by atoms with Crippen molar-refractivity contribution in [2.75, 3.05) is 0 Å². The van der Waals surface area contributed by atoms with Gasteiger partial charge in [-0.3, -0.25) is 0 Å². The number of imidazole rings is 1. The number of fused-ring (bicyclic) bond motifs is 1. The minimum atomic E-state index is -0.205. The van der Waals surface area contributed by atoms with Crippen molar-refractivity contribution < 1.29 is 4.39 Å². The number of para-hydroxylation sites is 1. The Hall–Kier alpha value is -1.09. The minimum Gasteiger partial charge on any atom is -0.321 e. The highest BCUT2D eigenvalue weighted by atomic mass is 35.5. The van der Waals surface area contributed by atoms with Gasteiger partial charge in [0.15, 0.2) is 0 Å². The number of aromatic nitrogens is 2. The molecule has 1 atom stereocenters. The fourth-order valence-corrected chi connectivity index (χ4v) is 3.00. The molecule has 1 aliphatic rings. The average Bonchev–Trinajstić information content (AvgIpc) is 2.65. The Morgan fingerprint density at radius 1 is 1.44 bits per heavy atom. The summed E-state index contributed by atoms with van der Waals surface area (Å²) in [6.45, 7) is 4.11. The molecular formula is C14H16ClFN2. The zero-order valence-electron chi connectivity index (χ0n) is 10.5. The van der Waals surface area contributed by atoms with Gasteiger partial charge in [0, 0.05) is 6.04 Å². The van der Waals surface area contributed by atoms with Gasteiger partial charge in [0.1, 0.15) is 17.2 Å². The molecule has 0 N–H and O–H groups in total. The Morgan fingerprint density at radius 2 is 2.17 bits per heavy atom. The van der Waals surface area contributed by atoms with Gasteiger partial charge in [-0.2, -0.15) is 0 Å². The Bertz CT molecular complexity index is 585. The quantitative estimate of drug-likeness (QED) is 0.735. The van der Waals surface area contributed by atoms with Crippen LogP contribution in [0.4, 0.5) is 4.39 Å². The first-order chi connectivity index (χ1) is 8.58. The Balaban J connectivity index is 2.21. The molecule has 1 aliphatic carbocycles. The molecule has 1 saturated carbocycles. The lowest BCUT2D eigenvalue weighted by atomic mass is 9.81. The number of nitrogens with zero attached hydrogens (tertiary/aromatic N) is 2. The summed E-state index contributed by atoms with van der Waals surface area (Å²) >= 11 is 6.19. The van der Waals surface area contributed by atoms with Crippen molar-refractivity contribution in [2.45, 2.75) is 38.1 Å². The number of hydrogen-bond donors (Lipinski definition) is 0. The highest BCUT2D eigenvalue weighted by Crippen LogP contribution is 2.42. The van der Waals surface area contributed by atoms with E-state index in [9.17, 15) is 4.39 Å². The lowest BCUT2D eigenvalue weighted by Gasteiger charge is -2.35. The third-order valence-electron chi connectivity index (χ3n) is 3.76. The normalized spacial score (nSPS) is 25.1. The van der Waals surface area contributed by atoms with E-state index in [2.05, 4.69) is 11.9 Å². The van der Waals surface area contributed by atoms with E-state index >= 15 is 0 Å². The fourth-order valence-electron chi connectivity index (χ4n) is 2.85. The number of benzene rings is 1. The zero-order chi connectivity index (χ0) is 12.9. The summed E-state index contributed by atoms with van der Waals surface area (Å²) < 4.78 is 16.1. The van der Waals surface area contributed by atoms with Crippen molar-refractivity contribution >= 4 is 22.6 Å². The van der Waals surface area contributed by atoms with Crippen LogP contribution in [0.3, 0.4) is 0 Å². The van der Waals surface area contributed by atoms with Crippen LogP contribution in [-0.4, -0.2) is 9.55 Å². The maximum Gasteiger partial charge on any atom is 0.149 e. The van der Waals surface area contributed by atoms with E-state index in [1.165, 1.54) is 6.07 Å². The van der Waals surface area contributed by atoms with Crippen molar-refractivity contribution in [3.63, 3.8) is 0 Å². The smallest absolute Gasteiger partial charge is 0.149 e. The van der Waals surface area contributed by atoms with Gasteiger partial charge in [0.25, 0.3) is 0 Å². The third-order valence-corrected chi connectivity index (χ3v) is 3.95. The second kappa shape index (κ2) is 4.23. The molecule has 0 radical (unpaired) electrons. The lowest BCUT2D eigenvalue weighted by Crippen LogP contribution is -2.26. The summed E-state index contributed by atoms with van der Waals surface area (Å²) in [5.74, 6) is 1.29. The van der Waals surface area contributed by atoms with Crippen molar-refractivity contribution in [3.05, 3.63) is 29.8 Å². The second-order valence-corrected chi connectivity index (χ2v) is 5.95. The molecule has 0 aliphatic heterocycles. The standard InChI is InChI=1S/C14H16ClFN2/c1-8-6-10(7-8)18-13-11(16)4-3-5-12(13)17-14(18)9(2)15/h3-5,8-10H,6-7H2,1-2H3. The van der Waals surface area contributed by atoms with Gasteiger partial charge in [0.05, 0.1) is 10.9 Å². The van der Waals surface area contributed by atoms with Gasteiger partial charge in [-0.1, -0.05) is 13.0 Å². The molecule has 1 fully saturated rings. The van der Waals surface area contributed by atoms with E-state index in [-0.39, 0.29) is 11.2 Å². The van der Waals surface area contributed by atoms with Crippen LogP contribution in [0.5, 0.6) is 0 Å². The van der Waals surface area contributed by atoms with Gasteiger partial charge in [-0.05, 0) is 37.8 Å². The number of rotatable bonds is 2. The second-order valence-electron chi connectivity index (χ2n) is 5.29. The van der Waals surface area contributed by atoms with E-state index in [1.807, 2.05) is 17.6 Å². The molecule has 18 heavy (non-hydrogen) atoms. The van der Waals surface area contributed by atoms with E-state index < -0.39 is 0 Å². The minimum absolute atomic E-state index is 0.201. The predicted molar refractivity (Wildman–Crippen MR) is 71.4 cm³/mol. The number of alkyl halides is 1. The van der Waals surface area contributed by atoms with Crippen LogP contribution in [0, 0.1) is 11.7 Å². The van der Waals surface area contributed by atoms with Gasteiger partial charge in [-0.25, -0.2) is 9.37 Å².